The maximum Gasteiger partial charge on any atom is 0.322 e. The molecule has 9 heteroatoms. The van der Waals surface area contributed by atoms with Gasteiger partial charge in [-0.2, -0.15) is 0 Å². The number of hydrogen-bond donors (Lipinski definition) is 2. The summed E-state index contributed by atoms with van der Waals surface area (Å²) in [6.07, 6.45) is 1.85. The van der Waals surface area contributed by atoms with E-state index in [0.29, 0.717) is 29.0 Å². The number of rotatable bonds is 5. The van der Waals surface area contributed by atoms with Gasteiger partial charge in [0.25, 0.3) is 11.5 Å². The Morgan fingerprint density at radius 1 is 1.32 bits per heavy atom. The Balaban J connectivity index is 1.84. The molecule has 160 valence electrons. The molecular formula is C22H22N4O5. The number of nitrogens with one attached hydrogen (secondary N) is 2. The third-order valence-corrected chi connectivity index (χ3v) is 4.85. The number of fused-ring (bicyclic) bond motifs is 1. The van der Waals surface area contributed by atoms with Gasteiger partial charge in [0, 0.05) is 36.5 Å². The van der Waals surface area contributed by atoms with Crippen molar-refractivity contribution >= 4 is 18.3 Å². The number of amides is 4. The Hall–Kier alpha value is -4.06. The molecule has 31 heavy (non-hydrogen) atoms. The highest BCUT2D eigenvalue weighted by molar-refractivity contribution is 5.98. The third-order valence-electron chi connectivity index (χ3n) is 4.85. The van der Waals surface area contributed by atoms with E-state index in [1.165, 1.54) is 11.7 Å². The average molecular weight is 422 g/mol. The van der Waals surface area contributed by atoms with Crippen molar-refractivity contribution in [3.63, 3.8) is 0 Å². The number of urea groups is 1. The quantitative estimate of drug-likeness (QED) is 0.540. The first-order valence-corrected chi connectivity index (χ1v) is 9.48. The Kier molecular flexibility index (Phi) is 6.40. The van der Waals surface area contributed by atoms with E-state index in [2.05, 4.69) is 17.2 Å². The van der Waals surface area contributed by atoms with Gasteiger partial charge in [0.1, 0.15) is 11.8 Å². The van der Waals surface area contributed by atoms with Crippen molar-refractivity contribution in [1.29, 1.82) is 0 Å². The van der Waals surface area contributed by atoms with Crippen LogP contribution in [0.4, 0.5) is 4.79 Å². The molecular weight excluding hydrogens is 400 g/mol. The zero-order valence-electron chi connectivity index (χ0n) is 17.4. The fourth-order valence-electron chi connectivity index (χ4n) is 3.33. The largest absolute Gasteiger partial charge is 0.497 e. The molecule has 1 aromatic carbocycles. The Bertz CT molecular complexity index is 1130. The predicted octanol–water partition coefficient (Wildman–Crippen LogP) is 0.534. The van der Waals surface area contributed by atoms with Gasteiger partial charge in [-0.05, 0) is 30.7 Å². The summed E-state index contributed by atoms with van der Waals surface area (Å²) in [5.41, 5.74) is 2.39. The monoisotopic (exact) mass is 422 g/mol. The molecule has 9 nitrogen and oxygen atoms in total. The zero-order valence-corrected chi connectivity index (χ0v) is 17.4. The van der Waals surface area contributed by atoms with Crippen LogP contribution < -0.4 is 20.9 Å². The number of hydrogen-bond acceptors (Lipinski definition) is 5. The van der Waals surface area contributed by atoms with Gasteiger partial charge in [-0.1, -0.05) is 17.9 Å². The smallest absolute Gasteiger partial charge is 0.322 e. The van der Waals surface area contributed by atoms with Gasteiger partial charge in [-0.3, -0.25) is 19.7 Å². The van der Waals surface area contributed by atoms with Gasteiger partial charge in [0.2, 0.25) is 6.41 Å². The summed E-state index contributed by atoms with van der Waals surface area (Å²) >= 11 is 0. The van der Waals surface area contributed by atoms with Crippen LogP contribution in [0.5, 0.6) is 5.75 Å². The summed E-state index contributed by atoms with van der Waals surface area (Å²) in [5, 5.41) is 4.59. The molecule has 1 atom stereocenters. The highest BCUT2D eigenvalue weighted by atomic mass is 16.5. The second kappa shape index (κ2) is 9.17. The van der Waals surface area contributed by atoms with Crippen molar-refractivity contribution < 1.29 is 19.1 Å². The predicted molar refractivity (Wildman–Crippen MR) is 113 cm³/mol. The van der Waals surface area contributed by atoms with Crippen LogP contribution in [0.2, 0.25) is 0 Å². The third kappa shape index (κ3) is 4.93. The van der Waals surface area contributed by atoms with Gasteiger partial charge in [-0.25, -0.2) is 4.79 Å². The van der Waals surface area contributed by atoms with Gasteiger partial charge >= 0.3 is 6.03 Å². The number of aryl methyl sites for hydroxylation is 2. The molecule has 2 aromatic rings. The minimum atomic E-state index is -0.752. The minimum absolute atomic E-state index is 0.111. The van der Waals surface area contributed by atoms with Crippen molar-refractivity contribution in [3.05, 3.63) is 63.1 Å². The fraction of sp³-hybridized carbons (Fsp3) is 0.273. The number of methoxy groups -OCH3 is 1. The second-order valence-corrected chi connectivity index (χ2v) is 7.09. The van der Waals surface area contributed by atoms with Gasteiger partial charge in [-0.15, -0.1) is 0 Å². The molecule has 4 amide bonds. The van der Waals surface area contributed by atoms with Crippen LogP contribution in [0.15, 0.2) is 35.3 Å². The highest BCUT2D eigenvalue weighted by Gasteiger charge is 2.29. The molecule has 0 radical (unpaired) electrons. The minimum Gasteiger partial charge on any atom is -0.497 e. The maximum atomic E-state index is 12.8. The van der Waals surface area contributed by atoms with Crippen molar-refractivity contribution in [2.75, 3.05) is 13.7 Å². The molecule has 0 saturated heterocycles. The van der Waals surface area contributed by atoms with Gasteiger partial charge < -0.3 is 19.5 Å². The molecule has 1 aliphatic heterocycles. The number of aromatic nitrogens is 1. The molecule has 0 unspecified atom stereocenters. The van der Waals surface area contributed by atoms with Crippen molar-refractivity contribution in [2.24, 2.45) is 7.05 Å². The lowest BCUT2D eigenvalue weighted by atomic mass is 10.1. The van der Waals surface area contributed by atoms with E-state index >= 15 is 0 Å². The molecule has 0 saturated carbocycles. The molecule has 2 heterocycles. The van der Waals surface area contributed by atoms with E-state index in [0.717, 1.165) is 5.56 Å². The number of pyridine rings is 1. The van der Waals surface area contributed by atoms with Crippen LogP contribution in [-0.4, -0.2) is 47.5 Å². The van der Waals surface area contributed by atoms with Gasteiger partial charge in [0.15, 0.2) is 0 Å². The van der Waals surface area contributed by atoms with Gasteiger partial charge in [0.05, 0.1) is 13.7 Å². The SMILES string of the molecule is COc1ccc2c(c1)C(=O)N(C[C@@H](C#Cc1cc(C)c(=O)n(C)c1)NC(=O)NC=O)C2. The highest BCUT2D eigenvalue weighted by Crippen LogP contribution is 2.26. The number of nitrogens with zero attached hydrogens (tertiary/aromatic N) is 2. The topological polar surface area (TPSA) is 110 Å². The summed E-state index contributed by atoms with van der Waals surface area (Å²) in [7, 11) is 3.16. The van der Waals surface area contributed by atoms with E-state index in [9.17, 15) is 19.2 Å². The van der Waals surface area contributed by atoms with Crippen LogP contribution in [0.25, 0.3) is 0 Å². The summed E-state index contributed by atoms with van der Waals surface area (Å²) in [6.45, 7) is 2.17. The lowest BCUT2D eigenvalue weighted by molar-refractivity contribution is -0.108. The van der Waals surface area contributed by atoms with E-state index in [1.54, 1.807) is 43.3 Å². The van der Waals surface area contributed by atoms with E-state index in [4.69, 9.17) is 4.74 Å². The van der Waals surface area contributed by atoms with Crippen LogP contribution >= 0.6 is 0 Å². The zero-order chi connectivity index (χ0) is 22.5. The summed E-state index contributed by atoms with van der Waals surface area (Å²) in [6, 6.07) is 5.46. The number of benzene rings is 1. The number of ether oxygens (including phenoxy) is 1. The summed E-state index contributed by atoms with van der Waals surface area (Å²) in [4.78, 5) is 48.7. The molecule has 0 spiro atoms. The Morgan fingerprint density at radius 3 is 2.77 bits per heavy atom. The van der Waals surface area contributed by atoms with Crippen LogP contribution in [-0.2, 0) is 18.4 Å². The molecule has 2 N–H and O–H groups in total. The maximum absolute atomic E-state index is 12.8. The van der Waals surface area contributed by atoms with E-state index in [1.807, 2.05) is 11.4 Å². The summed E-state index contributed by atoms with van der Waals surface area (Å²) in [5.74, 6) is 6.24. The Labute approximate surface area is 179 Å². The number of carbonyl (C=O) groups excluding carboxylic acids is 3. The van der Waals surface area contributed by atoms with Crippen molar-refractivity contribution in [2.45, 2.75) is 19.5 Å². The normalized spacial score (nSPS) is 13.0. The van der Waals surface area contributed by atoms with Crippen LogP contribution in [0.1, 0.15) is 27.0 Å². The molecule has 0 fully saturated rings. The Morgan fingerprint density at radius 2 is 2.10 bits per heavy atom. The number of carbonyl (C=O) groups is 3. The van der Waals surface area contributed by atoms with Crippen molar-refractivity contribution in [3.8, 4) is 17.6 Å². The van der Waals surface area contributed by atoms with Crippen molar-refractivity contribution in [1.82, 2.24) is 20.1 Å². The van der Waals surface area contributed by atoms with E-state index < -0.39 is 12.1 Å². The molecule has 3 rings (SSSR count). The number of imide groups is 1. The second-order valence-electron chi connectivity index (χ2n) is 7.09. The molecule has 0 aliphatic carbocycles. The average Bonchev–Trinajstić information content (AvgIpc) is 3.05. The molecule has 1 aromatic heterocycles. The fourth-order valence-corrected chi connectivity index (χ4v) is 3.33. The van der Waals surface area contributed by atoms with E-state index in [-0.39, 0.29) is 24.4 Å². The lowest BCUT2D eigenvalue weighted by Crippen LogP contribution is -2.46. The first-order chi connectivity index (χ1) is 14.8. The standard InChI is InChI=1S/C22H22N4O5/c1-14-8-15(10-25(2)20(14)28)4-6-17(24-22(30)23-13-27)12-26-11-16-5-7-18(31-3)9-19(16)21(26)29/h5,7-10,13,17H,11-12H2,1-3H3,(H2,23,24,27,30)/t17-/m1/s1. The lowest BCUT2D eigenvalue weighted by Gasteiger charge is -2.21. The molecule has 1 aliphatic rings. The molecule has 0 bridgehead atoms. The first-order valence-electron chi connectivity index (χ1n) is 9.48. The van der Waals surface area contributed by atoms with Crippen LogP contribution in [0.3, 0.4) is 0 Å². The van der Waals surface area contributed by atoms with Crippen LogP contribution in [0, 0.1) is 18.8 Å². The first kappa shape index (κ1) is 21.6. The summed E-state index contributed by atoms with van der Waals surface area (Å²) < 4.78 is 6.61.